The first-order valence-electron chi connectivity index (χ1n) is 6.01. The van der Waals surface area contributed by atoms with Crippen molar-refractivity contribution < 1.29 is 19.4 Å². The van der Waals surface area contributed by atoms with Crippen molar-refractivity contribution in [3.63, 3.8) is 0 Å². The summed E-state index contributed by atoms with van der Waals surface area (Å²) in [6.07, 6.45) is 1.45. The molecule has 8 nitrogen and oxygen atoms in total. The van der Waals surface area contributed by atoms with Crippen LogP contribution in [0.5, 0.6) is 0 Å². The molecule has 0 aliphatic rings. The lowest BCUT2D eigenvalue weighted by Crippen LogP contribution is -2.38. The van der Waals surface area contributed by atoms with Crippen LogP contribution in [0.4, 0.5) is 0 Å². The summed E-state index contributed by atoms with van der Waals surface area (Å²) in [6.45, 7) is 1.84. The molecule has 0 radical (unpaired) electrons. The Kier molecular flexibility index (Phi) is 6.49. The number of carboxylic acids is 1. The van der Waals surface area contributed by atoms with E-state index in [1.807, 2.05) is 19.0 Å². The van der Waals surface area contributed by atoms with E-state index in [1.54, 1.807) is 11.6 Å². The summed E-state index contributed by atoms with van der Waals surface area (Å²) in [5.74, 6) is -1.42. The third-order valence-electron chi connectivity index (χ3n) is 2.27. The van der Waals surface area contributed by atoms with E-state index in [2.05, 4.69) is 10.2 Å². The zero-order chi connectivity index (χ0) is 16.0. The van der Waals surface area contributed by atoms with E-state index in [0.717, 1.165) is 23.5 Å². The van der Waals surface area contributed by atoms with Crippen molar-refractivity contribution >= 4 is 35.5 Å². The molecule has 0 fully saturated rings. The number of carbonyl (C=O) groups excluding carboxylic acids is 1. The number of hydrogen-bond donors (Lipinski definition) is 1. The smallest absolute Gasteiger partial charge is 0.370 e. The number of carbonyl (C=O) groups is 2. The van der Waals surface area contributed by atoms with Crippen LogP contribution in [-0.2, 0) is 21.4 Å². The van der Waals surface area contributed by atoms with Crippen molar-refractivity contribution in [3.8, 4) is 0 Å². The van der Waals surface area contributed by atoms with Crippen LogP contribution in [0.3, 0.4) is 0 Å². The Balaban J connectivity index is 2.97. The molecule has 0 spiro atoms. The highest BCUT2D eigenvalue weighted by Gasteiger charge is 2.45. The Hall–Kier alpha value is -1.26. The van der Waals surface area contributed by atoms with Gasteiger partial charge >= 0.3 is 16.2 Å². The van der Waals surface area contributed by atoms with Crippen LogP contribution < -0.4 is 0 Å². The Morgan fingerprint density at radius 1 is 1.52 bits per heavy atom. The molecule has 1 aromatic heterocycles. The number of aliphatic carboxylic acids is 1. The summed E-state index contributed by atoms with van der Waals surface area (Å²) < 4.78 is 4.89. The van der Waals surface area contributed by atoms with Crippen molar-refractivity contribution in [1.82, 2.24) is 19.7 Å². The summed E-state index contributed by atoms with van der Waals surface area (Å²) in [5, 5.41) is 17.4. The minimum atomic E-state index is -1.78. The molecule has 1 unspecified atom stereocenters. The van der Waals surface area contributed by atoms with Gasteiger partial charge in [-0.1, -0.05) is 11.8 Å². The molecule has 0 amide bonds. The van der Waals surface area contributed by atoms with E-state index in [1.165, 1.54) is 13.3 Å². The van der Waals surface area contributed by atoms with Gasteiger partial charge in [0.1, 0.15) is 6.33 Å². The van der Waals surface area contributed by atoms with Gasteiger partial charge in [-0.05, 0) is 25.9 Å². The number of nitrogens with zero attached hydrogens (tertiary/aromatic N) is 4. The number of hydrogen-bond acceptors (Lipinski definition) is 8. The van der Waals surface area contributed by atoms with Crippen molar-refractivity contribution in [1.29, 1.82) is 0 Å². The maximum Gasteiger partial charge on any atom is 0.370 e. The summed E-state index contributed by atoms with van der Waals surface area (Å²) in [7, 11) is 5.45. The normalized spacial score (nSPS) is 14.0. The van der Waals surface area contributed by atoms with Crippen molar-refractivity contribution in [2.24, 2.45) is 7.05 Å². The van der Waals surface area contributed by atoms with Crippen molar-refractivity contribution in [2.75, 3.05) is 26.4 Å². The number of thioether (sulfide) groups is 2. The highest BCUT2D eigenvalue weighted by Crippen LogP contribution is 2.42. The quantitative estimate of drug-likeness (QED) is 0.414. The molecule has 118 valence electrons. The first kappa shape index (κ1) is 17.8. The van der Waals surface area contributed by atoms with Crippen molar-refractivity contribution in [3.05, 3.63) is 6.33 Å². The molecule has 10 heteroatoms. The number of carboxylic acid groups (broad SMARTS) is 1. The molecule has 0 bridgehead atoms. The Morgan fingerprint density at radius 2 is 2.19 bits per heavy atom. The molecule has 1 atom stereocenters. The van der Waals surface area contributed by atoms with Crippen LogP contribution in [0.1, 0.15) is 6.92 Å². The predicted octanol–water partition coefficient (Wildman–Crippen LogP) is 0.504. The van der Waals surface area contributed by atoms with Crippen LogP contribution >= 0.6 is 23.5 Å². The molecule has 0 aliphatic carbocycles. The van der Waals surface area contributed by atoms with Crippen molar-refractivity contribution in [2.45, 2.75) is 16.3 Å². The fourth-order valence-corrected chi connectivity index (χ4v) is 3.77. The Morgan fingerprint density at radius 3 is 2.62 bits per heavy atom. The number of aryl methyl sites for hydroxylation is 1. The van der Waals surface area contributed by atoms with Gasteiger partial charge < -0.3 is 19.3 Å². The highest BCUT2D eigenvalue weighted by molar-refractivity contribution is 8.19. The van der Waals surface area contributed by atoms with Gasteiger partial charge in [0.2, 0.25) is 0 Å². The lowest BCUT2D eigenvalue weighted by Gasteiger charge is -2.27. The van der Waals surface area contributed by atoms with E-state index in [-0.39, 0.29) is 0 Å². The molecule has 1 rings (SSSR count). The monoisotopic (exact) mass is 334 g/mol. The van der Waals surface area contributed by atoms with Crippen LogP contribution in [0.2, 0.25) is 0 Å². The number of esters is 1. The number of ether oxygens (including phenoxy) is 1. The third-order valence-corrected chi connectivity index (χ3v) is 4.97. The molecule has 1 heterocycles. The van der Waals surface area contributed by atoms with Gasteiger partial charge in [0.15, 0.2) is 5.16 Å². The molecule has 21 heavy (non-hydrogen) atoms. The number of rotatable bonds is 8. The maximum absolute atomic E-state index is 11.7. The van der Waals surface area contributed by atoms with E-state index >= 15 is 0 Å². The largest absolute Gasteiger partial charge is 0.477 e. The molecular weight excluding hydrogens is 316 g/mol. The zero-order valence-electron chi connectivity index (χ0n) is 12.3. The first-order valence-corrected chi connectivity index (χ1v) is 7.81. The minimum Gasteiger partial charge on any atom is -0.477 e. The molecule has 0 aromatic carbocycles. The van der Waals surface area contributed by atoms with Gasteiger partial charge in [-0.15, -0.1) is 10.2 Å². The average Bonchev–Trinajstić information content (AvgIpc) is 2.73. The van der Waals surface area contributed by atoms with Gasteiger partial charge in [-0.2, -0.15) is 0 Å². The van der Waals surface area contributed by atoms with Gasteiger partial charge in [-0.25, -0.2) is 4.79 Å². The fourth-order valence-electron chi connectivity index (χ4n) is 1.27. The second kappa shape index (κ2) is 7.66. The Bertz CT molecular complexity index is 508. The van der Waals surface area contributed by atoms with Crippen LogP contribution in [0.15, 0.2) is 11.5 Å². The van der Waals surface area contributed by atoms with Gasteiger partial charge in [-0.3, -0.25) is 4.79 Å². The summed E-state index contributed by atoms with van der Waals surface area (Å²) in [5.41, 5.74) is 0. The molecule has 1 aromatic rings. The molecule has 0 saturated heterocycles. The predicted molar refractivity (Wildman–Crippen MR) is 80.0 cm³/mol. The SMILES string of the molecule is CC(=O)OC(SCCN(C)C)(Sc1nncn1C)C(=O)O. The van der Waals surface area contributed by atoms with Gasteiger partial charge in [0.25, 0.3) is 0 Å². The lowest BCUT2D eigenvalue weighted by molar-refractivity contribution is -0.158. The van der Waals surface area contributed by atoms with E-state index in [4.69, 9.17) is 4.74 Å². The molecule has 1 N–H and O–H groups in total. The molecule has 0 aliphatic heterocycles. The standard InChI is InChI=1S/C11H18N4O4S2/c1-8(16)19-11(9(17)18,20-6-5-14(2)3)21-10-13-12-7-15(10)4/h7H,5-6H2,1-4H3,(H,17,18). The first-order chi connectivity index (χ1) is 9.77. The van der Waals surface area contributed by atoms with Crippen LogP contribution in [0.25, 0.3) is 0 Å². The topological polar surface area (TPSA) is 97.5 Å². The van der Waals surface area contributed by atoms with E-state index in [0.29, 0.717) is 17.5 Å². The Labute approximate surface area is 131 Å². The average molecular weight is 334 g/mol. The molecular formula is C11H18N4O4S2. The number of aromatic nitrogens is 3. The van der Waals surface area contributed by atoms with E-state index in [9.17, 15) is 14.7 Å². The fraction of sp³-hybridized carbons (Fsp3) is 0.636. The van der Waals surface area contributed by atoms with Gasteiger partial charge in [0, 0.05) is 26.3 Å². The van der Waals surface area contributed by atoms with Crippen LogP contribution in [-0.4, -0.2) is 67.4 Å². The lowest BCUT2D eigenvalue weighted by atomic mass is 10.7. The second-order valence-corrected chi connectivity index (χ2v) is 7.11. The van der Waals surface area contributed by atoms with E-state index < -0.39 is 16.2 Å². The zero-order valence-corrected chi connectivity index (χ0v) is 13.9. The summed E-state index contributed by atoms with van der Waals surface area (Å²) >= 11 is 1.89. The minimum absolute atomic E-state index is 0.357. The highest BCUT2D eigenvalue weighted by atomic mass is 32.2. The second-order valence-electron chi connectivity index (χ2n) is 4.43. The van der Waals surface area contributed by atoms with Gasteiger partial charge in [0.05, 0.1) is 0 Å². The summed E-state index contributed by atoms with van der Waals surface area (Å²) in [6, 6.07) is 0. The maximum atomic E-state index is 11.7. The molecule has 0 saturated carbocycles. The summed E-state index contributed by atoms with van der Waals surface area (Å²) in [4.78, 5) is 24.9. The van der Waals surface area contributed by atoms with Crippen LogP contribution in [0, 0.1) is 0 Å². The third kappa shape index (κ3) is 5.21.